The normalized spacial score (nSPS) is 11.8. The van der Waals surface area contributed by atoms with Crippen molar-refractivity contribution in [3.8, 4) is 16.9 Å². The van der Waals surface area contributed by atoms with Crippen molar-refractivity contribution < 1.29 is 17.9 Å². The van der Waals surface area contributed by atoms with Crippen molar-refractivity contribution in [2.24, 2.45) is 0 Å². The van der Waals surface area contributed by atoms with E-state index in [9.17, 15) is 13.2 Å². The molecule has 2 aromatic carbocycles. The van der Waals surface area contributed by atoms with Crippen molar-refractivity contribution in [2.45, 2.75) is 25.4 Å². The van der Waals surface area contributed by atoms with E-state index in [1.807, 2.05) is 54.6 Å². The highest BCUT2D eigenvalue weighted by atomic mass is 19.4. The van der Waals surface area contributed by atoms with Gasteiger partial charge in [0, 0.05) is 0 Å². The molecule has 0 saturated heterocycles. The summed E-state index contributed by atoms with van der Waals surface area (Å²) >= 11 is 0. The van der Waals surface area contributed by atoms with Crippen LogP contribution < -0.4 is 4.74 Å². The van der Waals surface area contributed by atoms with Crippen molar-refractivity contribution in [1.29, 1.82) is 0 Å². The Morgan fingerprint density at radius 3 is 2.13 bits per heavy atom. The molecule has 0 atom stereocenters. The summed E-state index contributed by atoms with van der Waals surface area (Å²) in [6.45, 7) is 0.487. The molecule has 0 saturated carbocycles. The van der Waals surface area contributed by atoms with Gasteiger partial charge in [-0.05, 0) is 36.1 Å². The molecule has 0 aliphatic heterocycles. The minimum atomic E-state index is -4.12. The van der Waals surface area contributed by atoms with Crippen LogP contribution in [0.15, 0.2) is 66.7 Å². The van der Waals surface area contributed by atoms with E-state index in [1.54, 1.807) is 6.08 Å². The first-order chi connectivity index (χ1) is 11.0. The molecule has 2 aromatic rings. The Morgan fingerprint density at radius 2 is 1.48 bits per heavy atom. The van der Waals surface area contributed by atoms with E-state index in [1.165, 1.54) is 0 Å². The minimum Gasteiger partial charge on any atom is -0.494 e. The predicted molar refractivity (Wildman–Crippen MR) is 86.4 cm³/mol. The molecule has 122 valence electrons. The van der Waals surface area contributed by atoms with Gasteiger partial charge < -0.3 is 4.74 Å². The highest BCUT2D eigenvalue weighted by Gasteiger charge is 2.24. The fourth-order valence-electron chi connectivity index (χ4n) is 2.10. The molecule has 0 N–H and O–H groups in total. The number of benzene rings is 2. The molecule has 0 aliphatic rings. The summed E-state index contributed by atoms with van der Waals surface area (Å²) in [7, 11) is 0. The molecule has 0 aromatic heterocycles. The van der Waals surface area contributed by atoms with Gasteiger partial charge in [-0.2, -0.15) is 13.2 Å². The first kappa shape index (κ1) is 17.1. The first-order valence-corrected chi connectivity index (χ1v) is 7.55. The van der Waals surface area contributed by atoms with Gasteiger partial charge in [0.15, 0.2) is 0 Å². The molecule has 2 rings (SSSR count). The molecule has 0 amide bonds. The molecule has 0 fully saturated rings. The van der Waals surface area contributed by atoms with Crippen molar-refractivity contribution in [3.63, 3.8) is 0 Å². The quantitative estimate of drug-likeness (QED) is 0.447. The summed E-state index contributed by atoms with van der Waals surface area (Å²) < 4.78 is 41.4. The second kappa shape index (κ2) is 8.42. The van der Waals surface area contributed by atoms with Gasteiger partial charge in [-0.15, -0.1) is 0 Å². The molecule has 0 radical (unpaired) electrons. The predicted octanol–water partition coefficient (Wildman–Crippen LogP) is 6.02. The number of ether oxygens (including phenoxy) is 1. The van der Waals surface area contributed by atoms with Crippen molar-refractivity contribution in [2.75, 3.05) is 6.61 Å². The summed E-state index contributed by atoms with van der Waals surface area (Å²) in [5.74, 6) is 0.768. The maximum atomic E-state index is 11.9. The van der Waals surface area contributed by atoms with Crippen LogP contribution in [0.2, 0.25) is 0 Å². The van der Waals surface area contributed by atoms with E-state index in [-0.39, 0.29) is 0 Å². The number of unbranched alkanes of at least 4 members (excludes halogenated alkanes) is 1. The van der Waals surface area contributed by atoms with E-state index >= 15 is 0 Å². The Balaban J connectivity index is 1.71. The van der Waals surface area contributed by atoms with Gasteiger partial charge in [-0.25, -0.2) is 0 Å². The van der Waals surface area contributed by atoms with Crippen molar-refractivity contribution >= 4 is 0 Å². The lowest BCUT2D eigenvalue weighted by atomic mass is 10.1. The highest BCUT2D eigenvalue weighted by molar-refractivity contribution is 5.63. The topological polar surface area (TPSA) is 9.23 Å². The zero-order valence-corrected chi connectivity index (χ0v) is 12.7. The molecule has 0 heterocycles. The van der Waals surface area contributed by atoms with Crippen LogP contribution >= 0.6 is 0 Å². The number of halogens is 3. The third-order valence-corrected chi connectivity index (χ3v) is 3.26. The van der Waals surface area contributed by atoms with Gasteiger partial charge >= 0.3 is 6.18 Å². The number of hydrogen-bond donors (Lipinski definition) is 0. The second-order valence-electron chi connectivity index (χ2n) is 5.17. The lowest BCUT2D eigenvalue weighted by Crippen LogP contribution is -2.04. The number of allylic oxidation sites excluding steroid dienone is 2. The van der Waals surface area contributed by atoms with Crippen LogP contribution in [0, 0.1) is 0 Å². The van der Waals surface area contributed by atoms with E-state index in [4.69, 9.17) is 4.74 Å². The summed E-state index contributed by atoms with van der Waals surface area (Å²) in [4.78, 5) is 0. The second-order valence-corrected chi connectivity index (χ2v) is 5.17. The molecule has 0 unspecified atom stereocenters. The smallest absolute Gasteiger partial charge is 0.392 e. The molecule has 0 spiro atoms. The summed E-state index contributed by atoms with van der Waals surface area (Å²) in [6.07, 6.45) is -1.00. The number of rotatable bonds is 7. The van der Waals surface area contributed by atoms with E-state index < -0.39 is 12.6 Å². The molecule has 0 aliphatic carbocycles. The average Bonchev–Trinajstić information content (AvgIpc) is 2.54. The van der Waals surface area contributed by atoms with E-state index in [0.717, 1.165) is 23.0 Å². The largest absolute Gasteiger partial charge is 0.494 e. The van der Waals surface area contributed by atoms with Gasteiger partial charge in [0.2, 0.25) is 0 Å². The zero-order valence-electron chi connectivity index (χ0n) is 12.7. The lowest BCUT2D eigenvalue weighted by Gasteiger charge is -2.07. The maximum Gasteiger partial charge on any atom is 0.392 e. The lowest BCUT2D eigenvalue weighted by molar-refractivity contribution is -0.125. The Morgan fingerprint density at radius 1 is 0.826 bits per heavy atom. The van der Waals surface area contributed by atoms with Crippen molar-refractivity contribution in [1.82, 2.24) is 0 Å². The first-order valence-electron chi connectivity index (χ1n) is 7.55. The minimum absolute atomic E-state index is 0.487. The zero-order chi connectivity index (χ0) is 16.5. The molecule has 1 nitrogen and oxygen atoms in total. The van der Waals surface area contributed by atoms with Crippen LogP contribution in [-0.2, 0) is 0 Å². The van der Waals surface area contributed by atoms with Gasteiger partial charge in [-0.3, -0.25) is 0 Å². The standard InChI is InChI=1S/C19H19F3O/c20-19(21,22)14-6-1-2-7-15-23-18-12-10-17(11-13-18)16-8-4-3-5-9-16/h1,3-6,8-13H,2,7,14-15H2/b6-1+. The summed E-state index contributed by atoms with van der Waals surface area (Å²) in [6, 6.07) is 17.8. The maximum absolute atomic E-state index is 11.9. The third-order valence-electron chi connectivity index (χ3n) is 3.26. The van der Waals surface area contributed by atoms with Gasteiger partial charge in [-0.1, -0.05) is 54.6 Å². The van der Waals surface area contributed by atoms with Crippen LogP contribution in [0.1, 0.15) is 19.3 Å². The van der Waals surface area contributed by atoms with Crippen molar-refractivity contribution in [3.05, 3.63) is 66.7 Å². The molecule has 23 heavy (non-hydrogen) atoms. The van der Waals surface area contributed by atoms with E-state index in [0.29, 0.717) is 19.4 Å². The van der Waals surface area contributed by atoms with E-state index in [2.05, 4.69) is 0 Å². The fourth-order valence-corrected chi connectivity index (χ4v) is 2.10. The summed E-state index contributed by atoms with van der Waals surface area (Å²) in [5.41, 5.74) is 2.27. The summed E-state index contributed by atoms with van der Waals surface area (Å²) in [5, 5.41) is 0. The highest BCUT2D eigenvalue weighted by Crippen LogP contribution is 2.22. The Hall–Kier alpha value is -2.23. The Labute approximate surface area is 134 Å². The number of alkyl halides is 3. The molecule has 0 bridgehead atoms. The SMILES string of the molecule is FC(F)(F)C/C=C/CCCOc1ccc(-c2ccccc2)cc1. The van der Waals surface area contributed by atoms with Crippen LogP contribution in [-0.4, -0.2) is 12.8 Å². The average molecular weight is 320 g/mol. The molecular weight excluding hydrogens is 301 g/mol. The Bertz CT molecular complexity index is 601. The third kappa shape index (κ3) is 6.59. The van der Waals surface area contributed by atoms with Crippen LogP contribution in [0.3, 0.4) is 0 Å². The molecular formula is C19H19F3O. The van der Waals surface area contributed by atoms with Gasteiger partial charge in [0.05, 0.1) is 13.0 Å². The van der Waals surface area contributed by atoms with Crippen LogP contribution in [0.25, 0.3) is 11.1 Å². The fraction of sp³-hybridized carbons (Fsp3) is 0.263. The van der Waals surface area contributed by atoms with Gasteiger partial charge in [0.1, 0.15) is 5.75 Å². The Kier molecular flexibility index (Phi) is 6.27. The molecule has 4 heteroatoms. The van der Waals surface area contributed by atoms with Crippen LogP contribution in [0.4, 0.5) is 13.2 Å². The monoisotopic (exact) mass is 320 g/mol. The van der Waals surface area contributed by atoms with Gasteiger partial charge in [0.25, 0.3) is 0 Å². The number of hydrogen-bond acceptors (Lipinski definition) is 1. The van der Waals surface area contributed by atoms with Crippen LogP contribution in [0.5, 0.6) is 5.75 Å².